The minimum Gasteiger partial charge on any atom is -0.497 e. The van der Waals surface area contributed by atoms with Crippen LogP contribution in [0.3, 0.4) is 0 Å². The van der Waals surface area contributed by atoms with Crippen LogP contribution in [0.1, 0.15) is 22.2 Å². The van der Waals surface area contributed by atoms with Crippen molar-refractivity contribution in [1.82, 2.24) is 4.98 Å². The molecule has 1 N–H and O–H groups in total. The number of amides is 1. The van der Waals surface area contributed by atoms with Gasteiger partial charge in [-0.3, -0.25) is 10.1 Å². The van der Waals surface area contributed by atoms with Crippen LogP contribution >= 0.6 is 11.3 Å². The summed E-state index contributed by atoms with van der Waals surface area (Å²) in [5.41, 5.74) is 1.10. The van der Waals surface area contributed by atoms with Gasteiger partial charge in [-0.15, -0.1) is 11.3 Å². The SMILES string of the molecule is COc1ccc(C(=O)Nc2nc([C@H]3COc4ccccc4O3)cs2)c(OC)c1. The number of aromatic nitrogens is 1. The molecule has 4 rings (SSSR count). The molecule has 0 saturated heterocycles. The number of benzene rings is 2. The second-order valence-corrected chi connectivity index (χ2v) is 6.82. The highest BCUT2D eigenvalue weighted by atomic mass is 32.1. The van der Waals surface area contributed by atoms with Gasteiger partial charge in [-0.2, -0.15) is 0 Å². The molecule has 2 aromatic carbocycles. The Bertz CT molecular complexity index is 1000. The normalized spacial score (nSPS) is 15.0. The number of methoxy groups -OCH3 is 2. The van der Waals surface area contributed by atoms with Crippen molar-refractivity contribution in [3.8, 4) is 23.0 Å². The molecule has 0 fully saturated rings. The summed E-state index contributed by atoms with van der Waals surface area (Å²) in [6.07, 6.45) is -0.327. The third-order valence-electron chi connectivity index (χ3n) is 4.23. The van der Waals surface area contributed by atoms with Crippen LogP contribution in [0.4, 0.5) is 5.13 Å². The number of anilines is 1. The second kappa shape index (κ2) is 7.77. The van der Waals surface area contributed by atoms with E-state index in [1.54, 1.807) is 25.3 Å². The standard InChI is InChI=1S/C20H18N2O5S/c1-24-12-7-8-13(17(9-12)25-2)19(23)22-20-21-14(11-28-20)18-10-26-15-5-3-4-6-16(15)27-18/h3-9,11,18H,10H2,1-2H3,(H,21,22,23)/t18-/m1/s1. The molecular formula is C20H18N2O5S. The lowest BCUT2D eigenvalue weighted by atomic mass is 10.2. The number of para-hydroxylation sites is 2. The topological polar surface area (TPSA) is 78.9 Å². The van der Waals surface area contributed by atoms with Gasteiger partial charge in [-0.25, -0.2) is 4.98 Å². The molecule has 0 saturated carbocycles. The summed E-state index contributed by atoms with van der Waals surface area (Å²) in [7, 11) is 3.06. The highest BCUT2D eigenvalue weighted by Gasteiger charge is 2.25. The molecule has 0 unspecified atom stereocenters. The molecule has 3 aromatic rings. The Balaban J connectivity index is 1.48. The summed E-state index contributed by atoms with van der Waals surface area (Å²) in [6.45, 7) is 0.362. The van der Waals surface area contributed by atoms with E-state index in [9.17, 15) is 4.79 Å². The summed E-state index contributed by atoms with van der Waals surface area (Å²) in [4.78, 5) is 17.1. The number of carbonyl (C=O) groups excluding carboxylic acids is 1. The van der Waals surface area contributed by atoms with Crippen LogP contribution in [-0.2, 0) is 0 Å². The maximum Gasteiger partial charge on any atom is 0.261 e. The van der Waals surface area contributed by atoms with Crippen molar-refractivity contribution in [2.75, 3.05) is 26.1 Å². The molecule has 144 valence electrons. The van der Waals surface area contributed by atoms with Crippen LogP contribution in [-0.4, -0.2) is 31.7 Å². The third kappa shape index (κ3) is 3.59. The number of thiazole rings is 1. The summed E-state index contributed by atoms with van der Waals surface area (Å²) < 4.78 is 22.1. The van der Waals surface area contributed by atoms with Crippen molar-refractivity contribution in [3.63, 3.8) is 0 Å². The fourth-order valence-corrected chi connectivity index (χ4v) is 3.55. The molecule has 0 aliphatic carbocycles. The van der Waals surface area contributed by atoms with E-state index in [0.29, 0.717) is 46.0 Å². The van der Waals surface area contributed by atoms with Crippen molar-refractivity contribution >= 4 is 22.4 Å². The molecule has 0 bridgehead atoms. The van der Waals surface area contributed by atoms with Gasteiger partial charge in [0.25, 0.3) is 5.91 Å². The minimum atomic E-state index is -0.327. The van der Waals surface area contributed by atoms with Crippen LogP contribution in [0.15, 0.2) is 47.8 Å². The molecular weight excluding hydrogens is 380 g/mol. The lowest BCUT2D eigenvalue weighted by Crippen LogP contribution is -2.22. The predicted molar refractivity (Wildman–Crippen MR) is 105 cm³/mol. The first kappa shape index (κ1) is 18.1. The smallest absolute Gasteiger partial charge is 0.261 e. The largest absolute Gasteiger partial charge is 0.497 e. The minimum absolute atomic E-state index is 0.313. The lowest BCUT2D eigenvalue weighted by Gasteiger charge is -2.25. The van der Waals surface area contributed by atoms with Gasteiger partial charge in [0.2, 0.25) is 0 Å². The van der Waals surface area contributed by atoms with E-state index < -0.39 is 0 Å². The number of hydrogen-bond donors (Lipinski definition) is 1. The van der Waals surface area contributed by atoms with Crippen molar-refractivity contribution in [2.45, 2.75) is 6.10 Å². The van der Waals surface area contributed by atoms with Crippen molar-refractivity contribution in [1.29, 1.82) is 0 Å². The van der Waals surface area contributed by atoms with Gasteiger partial charge in [0.15, 0.2) is 22.7 Å². The Hall–Kier alpha value is -3.26. The lowest BCUT2D eigenvalue weighted by molar-refractivity contribution is 0.0888. The van der Waals surface area contributed by atoms with Gasteiger partial charge < -0.3 is 18.9 Å². The quantitative estimate of drug-likeness (QED) is 0.702. The summed E-state index contributed by atoms with van der Waals surface area (Å²) in [5, 5.41) is 5.12. The van der Waals surface area contributed by atoms with Gasteiger partial charge >= 0.3 is 0 Å². The number of hydrogen-bond acceptors (Lipinski definition) is 7. The van der Waals surface area contributed by atoms with E-state index >= 15 is 0 Å². The van der Waals surface area contributed by atoms with E-state index in [-0.39, 0.29) is 12.0 Å². The van der Waals surface area contributed by atoms with Crippen LogP contribution in [0.2, 0.25) is 0 Å². The molecule has 1 amide bonds. The average Bonchev–Trinajstić information content (AvgIpc) is 3.21. The van der Waals surface area contributed by atoms with E-state index in [0.717, 1.165) is 0 Å². The Morgan fingerprint density at radius 2 is 2.00 bits per heavy atom. The van der Waals surface area contributed by atoms with Crippen molar-refractivity contribution in [3.05, 3.63) is 59.1 Å². The Labute approximate surface area is 165 Å². The number of nitrogens with one attached hydrogen (secondary N) is 1. The number of nitrogens with zero attached hydrogens (tertiary/aromatic N) is 1. The molecule has 1 aromatic heterocycles. The maximum atomic E-state index is 12.6. The third-order valence-corrected chi connectivity index (χ3v) is 5.01. The summed E-state index contributed by atoms with van der Waals surface area (Å²) in [6, 6.07) is 12.5. The molecule has 1 aliphatic heterocycles. The first-order valence-electron chi connectivity index (χ1n) is 8.55. The Kier molecular flexibility index (Phi) is 5.03. The van der Waals surface area contributed by atoms with E-state index in [2.05, 4.69) is 10.3 Å². The first-order valence-corrected chi connectivity index (χ1v) is 9.43. The van der Waals surface area contributed by atoms with E-state index in [4.69, 9.17) is 18.9 Å². The van der Waals surface area contributed by atoms with E-state index in [1.165, 1.54) is 18.4 Å². The zero-order valence-electron chi connectivity index (χ0n) is 15.3. The van der Waals surface area contributed by atoms with Gasteiger partial charge in [-0.05, 0) is 24.3 Å². The second-order valence-electron chi connectivity index (χ2n) is 5.96. The summed E-state index contributed by atoms with van der Waals surface area (Å²) >= 11 is 1.32. The monoisotopic (exact) mass is 398 g/mol. The Morgan fingerprint density at radius 3 is 2.79 bits per heavy atom. The van der Waals surface area contributed by atoms with Gasteiger partial charge in [0.05, 0.1) is 25.5 Å². The summed E-state index contributed by atoms with van der Waals surface area (Å²) in [5.74, 6) is 2.12. The van der Waals surface area contributed by atoms with Gasteiger partial charge in [-0.1, -0.05) is 12.1 Å². The molecule has 0 radical (unpaired) electrons. The van der Waals surface area contributed by atoms with Gasteiger partial charge in [0.1, 0.15) is 18.1 Å². The zero-order chi connectivity index (χ0) is 19.5. The highest BCUT2D eigenvalue weighted by molar-refractivity contribution is 7.14. The maximum absolute atomic E-state index is 12.6. The fourth-order valence-electron chi connectivity index (χ4n) is 2.81. The molecule has 0 spiro atoms. The van der Waals surface area contributed by atoms with Crippen LogP contribution in [0, 0.1) is 0 Å². The Morgan fingerprint density at radius 1 is 1.18 bits per heavy atom. The number of fused-ring (bicyclic) bond motifs is 1. The number of carbonyl (C=O) groups is 1. The van der Waals surface area contributed by atoms with Crippen LogP contribution in [0.25, 0.3) is 0 Å². The van der Waals surface area contributed by atoms with Crippen LogP contribution in [0.5, 0.6) is 23.0 Å². The number of ether oxygens (including phenoxy) is 4. The number of rotatable bonds is 5. The fraction of sp³-hybridized carbons (Fsp3) is 0.200. The molecule has 28 heavy (non-hydrogen) atoms. The van der Waals surface area contributed by atoms with E-state index in [1.807, 2.05) is 29.6 Å². The molecule has 2 heterocycles. The molecule has 7 nitrogen and oxygen atoms in total. The predicted octanol–water partition coefficient (Wildman–Crippen LogP) is 3.93. The molecule has 8 heteroatoms. The van der Waals surface area contributed by atoms with Crippen molar-refractivity contribution in [2.24, 2.45) is 0 Å². The van der Waals surface area contributed by atoms with Crippen LogP contribution < -0.4 is 24.3 Å². The van der Waals surface area contributed by atoms with Gasteiger partial charge in [0, 0.05) is 11.4 Å². The van der Waals surface area contributed by atoms with Crippen molar-refractivity contribution < 1.29 is 23.7 Å². The molecule has 1 aliphatic rings. The molecule has 1 atom stereocenters. The first-order chi connectivity index (χ1) is 13.7. The average molecular weight is 398 g/mol. The zero-order valence-corrected chi connectivity index (χ0v) is 16.1. The highest BCUT2D eigenvalue weighted by Crippen LogP contribution is 2.36.